The first-order valence-corrected chi connectivity index (χ1v) is 6.65. The van der Waals surface area contributed by atoms with E-state index in [4.69, 9.17) is 10.8 Å². The van der Waals surface area contributed by atoms with Crippen LogP contribution in [0.5, 0.6) is 0 Å². The average Bonchev–Trinajstić information content (AvgIpc) is 2.47. The van der Waals surface area contributed by atoms with Crippen LogP contribution in [0, 0.1) is 6.92 Å². The molecule has 2 aromatic rings. The predicted octanol–water partition coefficient (Wildman–Crippen LogP) is 3.18. The number of hydrogen-bond acceptors (Lipinski definition) is 2. The Kier molecular flexibility index (Phi) is 4.20. The fraction of sp³-hybridized carbons (Fsp3) is 0.235. The van der Waals surface area contributed by atoms with Crippen LogP contribution in [0.25, 0.3) is 11.1 Å². The molecule has 0 unspecified atom stereocenters. The molecule has 3 heteroatoms. The molecule has 0 saturated carbocycles. The van der Waals surface area contributed by atoms with Crippen LogP contribution in [0.3, 0.4) is 0 Å². The van der Waals surface area contributed by atoms with Crippen LogP contribution >= 0.6 is 0 Å². The highest BCUT2D eigenvalue weighted by atomic mass is 16.4. The summed E-state index contributed by atoms with van der Waals surface area (Å²) >= 11 is 0. The molecule has 3 nitrogen and oxygen atoms in total. The molecule has 0 radical (unpaired) electrons. The van der Waals surface area contributed by atoms with E-state index in [2.05, 4.69) is 0 Å². The quantitative estimate of drug-likeness (QED) is 0.896. The Balaban J connectivity index is 2.45. The van der Waals surface area contributed by atoms with Gasteiger partial charge in [0.1, 0.15) is 6.04 Å². The molecule has 0 bridgehead atoms. The molecule has 2 rings (SSSR count). The topological polar surface area (TPSA) is 63.3 Å². The summed E-state index contributed by atoms with van der Waals surface area (Å²) in [7, 11) is 0. The van der Waals surface area contributed by atoms with Gasteiger partial charge in [-0.05, 0) is 29.2 Å². The minimum absolute atomic E-state index is 0.226. The van der Waals surface area contributed by atoms with Gasteiger partial charge in [-0.15, -0.1) is 0 Å². The fourth-order valence-corrected chi connectivity index (χ4v) is 2.48. The lowest BCUT2D eigenvalue weighted by atomic mass is 9.87. The third kappa shape index (κ3) is 2.73. The van der Waals surface area contributed by atoms with Gasteiger partial charge in [-0.1, -0.05) is 55.5 Å². The molecule has 0 aliphatic heterocycles. The second kappa shape index (κ2) is 5.88. The van der Waals surface area contributed by atoms with Crippen molar-refractivity contribution in [1.82, 2.24) is 0 Å². The SMILES string of the molecule is Cc1c(-c2ccccc2)cccc1[C@@H](C)[C@H](N)C(=O)O. The van der Waals surface area contributed by atoms with Crippen LogP contribution in [0.1, 0.15) is 24.0 Å². The zero-order chi connectivity index (χ0) is 14.7. The Hall–Kier alpha value is -2.13. The first-order valence-electron chi connectivity index (χ1n) is 6.65. The summed E-state index contributed by atoms with van der Waals surface area (Å²) < 4.78 is 0. The van der Waals surface area contributed by atoms with Crippen LogP contribution in [0.15, 0.2) is 48.5 Å². The number of carboxylic acids is 1. The number of hydrogen-bond donors (Lipinski definition) is 2. The summed E-state index contributed by atoms with van der Waals surface area (Å²) in [5.41, 5.74) is 10.1. The maximum Gasteiger partial charge on any atom is 0.321 e. The first kappa shape index (κ1) is 14.3. The van der Waals surface area contributed by atoms with E-state index < -0.39 is 12.0 Å². The molecule has 20 heavy (non-hydrogen) atoms. The molecule has 2 atom stereocenters. The lowest BCUT2D eigenvalue weighted by Crippen LogP contribution is -2.35. The highest BCUT2D eigenvalue weighted by molar-refractivity contribution is 5.75. The van der Waals surface area contributed by atoms with Crippen molar-refractivity contribution in [3.05, 3.63) is 59.7 Å². The van der Waals surface area contributed by atoms with Gasteiger partial charge in [-0.2, -0.15) is 0 Å². The van der Waals surface area contributed by atoms with Crippen LogP contribution in [-0.2, 0) is 4.79 Å². The molecule has 3 N–H and O–H groups in total. The summed E-state index contributed by atoms with van der Waals surface area (Å²) in [6, 6.07) is 15.1. The van der Waals surface area contributed by atoms with Crippen molar-refractivity contribution in [3.63, 3.8) is 0 Å². The third-order valence-corrected chi connectivity index (χ3v) is 3.77. The molecular formula is C17H19NO2. The zero-order valence-corrected chi connectivity index (χ0v) is 11.7. The summed E-state index contributed by atoms with van der Waals surface area (Å²) in [5.74, 6) is -1.20. The smallest absolute Gasteiger partial charge is 0.321 e. The molecule has 0 aliphatic carbocycles. The van der Waals surface area contributed by atoms with Crippen molar-refractivity contribution in [3.8, 4) is 11.1 Å². The van der Waals surface area contributed by atoms with E-state index in [1.807, 2.05) is 62.4 Å². The van der Waals surface area contributed by atoms with E-state index in [-0.39, 0.29) is 5.92 Å². The van der Waals surface area contributed by atoms with E-state index in [1.165, 1.54) is 0 Å². The van der Waals surface area contributed by atoms with Gasteiger partial charge < -0.3 is 10.8 Å². The monoisotopic (exact) mass is 269 g/mol. The Morgan fingerprint density at radius 1 is 1.10 bits per heavy atom. The number of rotatable bonds is 4. The third-order valence-electron chi connectivity index (χ3n) is 3.77. The van der Waals surface area contributed by atoms with Crippen molar-refractivity contribution in [2.24, 2.45) is 5.73 Å². The minimum atomic E-state index is -0.970. The van der Waals surface area contributed by atoms with E-state index in [0.29, 0.717) is 0 Å². The number of benzene rings is 2. The van der Waals surface area contributed by atoms with Gasteiger partial charge in [0.15, 0.2) is 0 Å². The van der Waals surface area contributed by atoms with Crippen molar-refractivity contribution in [2.45, 2.75) is 25.8 Å². The molecule has 0 heterocycles. The molecule has 0 aromatic heterocycles. The van der Waals surface area contributed by atoms with Crippen molar-refractivity contribution in [1.29, 1.82) is 0 Å². The standard InChI is InChI=1S/C17H19NO2/c1-11-14(12(2)16(18)17(19)20)9-6-10-15(11)13-7-4-3-5-8-13/h3-10,12,16H,18H2,1-2H3,(H,19,20)/t12-,16+/m1/s1. The molecule has 0 aliphatic rings. The van der Waals surface area contributed by atoms with Crippen LogP contribution in [-0.4, -0.2) is 17.1 Å². The molecular weight excluding hydrogens is 250 g/mol. The summed E-state index contributed by atoms with van der Waals surface area (Å²) in [5, 5.41) is 9.07. The molecule has 0 saturated heterocycles. The maximum absolute atomic E-state index is 11.1. The van der Waals surface area contributed by atoms with Gasteiger partial charge in [0.25, 0.3) is 0 Å². The normalized spacial score (nSPS) is 13.8. The van der Waals surface area contributed by atoms with Gasteiger partial charge in [0.05, 0.1) is 0 Å². The van der Waals surface area contributed by atoms with Gasteiger partial charge >= 0.3 is 5.97 Å². The van der Waals surface area contributed by atoms with Crippen LogP contribution in [0.4, 0.5) is 0 Å². The van der Waals surface area contributed by atoms with Crippen molar-refractivity contribution < 1.29 is 9.90 Å². The largest absolute Gasteiger partial charge is 0.480 e. The lowest BCUT2D eigenvalue weighted by molar-refractivity contribution is -0.139. The summed E-state index contributed by atoms with van der Waals surface area (Å²) in [4.78, 5) is 11.1. The number of carboxylic acid groups (broad SMARTS) is 1. The average molecular weight is 269 g/mol. The molecule has 0 amide bonds. The van der Waals surface area contributed by atoms with Crippen molar-refractivity contribution >= 4 is 5.97 Å². The maximum atomic E-state index is 11.1. The fourth-order valence-electron chi connectivity index (χ4n) is 2.48. The minimum Gasteiger partial charge on any atom is -0.480 e. The Labute approximate surface area is 119 Å². The van der Waals surface area contributed by atoms with Crippen LogP contribution in [0.2, 0.25) is 0 Å². The molecule has 0 spiro atoms. The zero-order valence-electron chi connectivity index (χ0n) is 11.7. The van der Waals surface area contributed by atoms with Gasteiger partial charge in [0.2, 0.25) is 0 Å². The molecule has 104 valence electrons. The van der Waals surface area contributed by atoms with E-state index >= 15 is 0 Å². The number of nitrogens with two attached hydrogens (primary N) is 1. The molecule has 0 fully saturated rings. The van der Waals surface area contributed by atoms with E-state index in [1.54, 1.807) is 0 Å². The van der Waals surface area contributed by atoms with Crippen LogP contribution < -0.4 is 5.73 Å². The summed E-state index contributed by atoms with van der Waals surface area (Å²) in [6.07, 6.45) is 0. The number of aliphatic carboxylic acids is 1. The van der Waals surface area contributed by atoms with Gasteiger partial charge in [0, 0.05) is 5.92 Å². The van der Waals surface area contributed by atoms with E-state index in [9.17, 15) is 4.79 Å². The highest BCUT2D eigenvalue weighted by Gasteiger charge is 2.23. The highest BCUT2D eigenvalue weighted by Crippen LogP contribution is 2.30. The number of carbonyl (C=O) groups is 1. The van der Waals surface area contributed by atoms with Gasteiger partial charge in [-0.3, -0.25) is 4.79 Å². The van der Waals surface area contributed by atoms with Crippen molar-refractivity contribution in [2.75, 3.05) is 0 Å². The predicted molar refractivity (Wildman–Crippen MR) is 80.6 cm³/mol. The second-order valence-electron chi connectivity index (χ2n) is 5.04. The lowest BCUT2D eigenvalue weighted by Gasteiger charge is -2.20. The Morgan fingerprint density at radius 2 is 1.75 bits per heavy atom. The second-order valence-corrected chi connectivity index (χ2v) is 5.04. The Morgan fingerprint density at radius 3 is 2.35 bits per heavy atom. The van der Waals surface area contributed by atoms with E-state index in [0.717, 1.165) is 22.3 Å². The summed E-state index contributed by atoms with van der Waals surface area (Å²) in [6.45, 7) is 3.87. The van der Waals surface area contributed by atoms with Gasteiger partial charge in [-0.25, -0.2) is 0 Å². The first-order chi connectivity index (χ1) is 9.52. The Bertz CT molecular complexity index is 608. The molecule has 2 aromatic carbocycles.